The third-order valence-electron chi connectivity index (χ3n) is 3.68. The van der Waals surface area contributed by atoms with Crippen LogP contribution in [0.25, 0.3) is 10.9 Å². The van der Waals surface area contributed by atoms with Gasteiger partial charge in [-0.25, -0.2) is 0 Å². The van der Waals surface area contributed by atoms with E-state index in [-0.39, 0.29) is 0 Å². The van der Waals surface area contributed by atoms with Crippen molar-refractivity contribution in [3.05, 3.63) is 96.2 Å². The molecule has 1 heterocycles. The molecule has 0 aliphatic rings. The van der Waals surface area contributed by atoms with Crippen LogP contribution in [0.3, 0.4) is 0 Å². The van der Waals surface area contributed by atoms with Crippen LogP contribution >= 0.6 is 0 Å². The van der Waals surface area contributed by atoms with Crippen LogP contribution < -0.4 is 4.74 Å². The highest BCUT2D eigenvalue weighted by Gasteiger charge is 2.11. The fourth-order valence-corrected chi connectivity index (χ4v) is 2.47. The van der Waals surface area contributed by atoms with Crippen molar-refractivity contribution in [3.8, 4) is 23.3 Å². The van der Waals surface area contributed by atoms with E-state index < -0.39 is 0 Å². The largest absolute Gasteiger partial charge is 0.454 e. The van der Waals surface area contributed by atoms with E-state index in [1.165, 1.54) is 0 Å². The molecule has 0 unspecified atom stereocenters. The summed E-state index contributed by atoms with van der Waals surface area (Å²) < 4.78 is 6.11. The van der Waals surface area contributed by atoms with Gasteiger partial charge in [-0.15, -0.1) is 10.2 Å². The summed E-state index contributed by atoms with van der Waals surface area (Å²) in [6.45, 7) is 0. The van der Waals surface area contributed by atoms with Crippen LogP contribution in [-0.2, 0) is 0 Å². The highest BCUT2D eigenvalue weighted by Crippen LogP contribution is 2.30. The maximum absolute atomic E-state index is 6.11. The van der Waals surface area contributed by atoms with Gasteiger partial charge in [0.05, 0.1) is 5.52 Å². The lowest BCUT2D eigenvalue weighted by molar-refractivity contribution is 0.483. The lowest BCUT2D eigenvalue weighted by Gasteiger charge is -2.09. The predicted octanol–water partition coefficient (Wildman–Crippen LogP) is 4.82. The lowest BCUT2D eigenvalue weighted by Crippen LogP contribution is -1.96. The van der Waals surface area contributed by atoms with E-state index in [1.54, 1.807) is 0 Å². The topological polar surface area (TPSA) is 35.0 Å². The van der Waals surface area contributed by atoms with Crippen LogP contribution in [0.1, 0.15) is 11.3 Å². The number of benzene rings is 3. The van der Waals surface area contributed by atoms with Crippen LogP contribution in [0.15, 0.2) is 84.9 Å². The van der Waals surface area contributed by atoms with Crippen molar-refractivity contribution in [2.45, 2.75) is 0 Å². The Bertz CT molecular complexity index is 1060. The average Bonchev–Trinajstić information content (AvgIpc) is 2.69. The number of para-hydroxylation sites is 1. The van der Waals surface area contributed by atoms with Gasteiger partial charge in [0.25, 0.3) is 0 Å². The molecular weight excluding hydrogens is 308 g/mol. The fraction of sp³-hybridized carbons (Fsp3) is 0. The van der Waals surface area contributed by atoms with Crippen LogP contribution in [0.5, 0.6) is 11.5 Å². The van der Waals surface area contributed by atoms with Crippen LogP contribution in [0, 0.1) is 11.8 Å². The molecule has 25 heavy (non-hydrogen) atoms. The Labute approximate surface area is 145 Å². The summed E-state index contributed by atoms with van der Waals surface area (Å²) in [4.78, 5) is 0. The Kier molecular flexibility index (Phi) is 4.09. The quantitative estimate of drug-likeness (QED) is 0.496. The molecule has 0 atom stereocenters. The molecular formula is C22H14N2O. The van der Waals surface area contributed by atoms with Gasteiger partial charge < -0.3 is 4.74 Å². The third-order valence-corrected chi connectivity index (χ3v) is 3.68. The molecule has 0 aliphatic carbocycles. The number of hydrogen-bond donors (Lipinski definition) is 0. The molecule has 3 heteroatoms. The summed E-state index contributed by atoms with van der Waals surface area (Å²) in [5.41, 5.74) is 2.22. The number of rotatable bonds is 2. The monoisotopic (exact) mass is 322 g/mol. The van der Waals surface area contributed by atoms with Crippen molar-refractivity contribution < 1.29 is 4.74 Å². The number of nitrogens with zero attached hydrogens (tertiary/aromatic N) is 2. The molecule has 4 rings (SSSR count). The maximum atomic E-state index is 6.11. The van der Waals surface area contributed by atoms with Gasteiger partial charge in [0.1, 0.15) is 5.75 Å². The molecule has 0 aliphatic heterocycles. The number of fused-ring (bicyclic) bond motifs is 1. The normalized spacial score (nSPS) is 10.1. The summed E-state index contributed by atoms with van der Waals surface area (Å²) in [7, 11) is 0. The second-order valence-corrected chi connectivity index (χ2v) is 5.43. The van der Waals surface area contributed by atoms with Crippen molar-refractivity contribution >= 4 is 10.9 Å². The molecule has 0 spiro atoms. The SMILES string of the molecule is C(#Cc1nnc2ccccc2c1Oc1ccccc1)c1ccccc1. The Morgan fingerprint density at radius 1 is 0.640 bits per heavy atom. The molecule has 3 aromatic carbocycles. The molecule has 0 amide bonds. The standard InChI is InChI=1S/C22H14N2O/c1-3-9-17(10-4-1)15-16-21-22(25-18-11-5-2-6-12-18)19-13-7-8-14-20(19)23-24-21/h1-14H. The van der Waals surface area contributed by atoms with Crippen LogP contribution in [-0.4, -0.2) is 10.2 Å². The molecule has 118 valence electrons. The maximum Gasteiger partial charge on any atom is 0.179 e. The third kappa shape index (κ3) is 3.34. The van der Waals surface area contributed by atoms with E-state index in [1.807, 2.05) is 84.9 Å². The first-order valence-electron chi connectivity index (χ1n) is 7.95. The first-order valence-corrected chi connectivity index (χ1v) is 7.95. The molecule has 0 saturated heterocycles. The minimum Gasteiger partial charge on any atom is -0.454 e. The Hall–Kier alpha value is -3.64. The summed E-state index contributed by atoms with van der Waals surface area (Å²) in [6, 6.07) is 27.2. The Balaban J connectivity index is 1.83. The van der Waals surface area contributed by atoms with Gasteiger partial charge in [0.2, 0.25) is 0 Å². The zero-order valence-electron chi connectivity index (χ0n) is 13.4. The van der Waals surface area contributed by atoms with Gasteiger partial charge in [-0.1, -0.05) is 54.5 Å². The zero-order valence-corrected chi connectivity index (χ0v) is 13.4. The first kappa shape index (κ1) is 14.9. The van der Waals surface area contributed by atoms with E-state index in [9.17, 15) is 0 Å². The molecule has 0 radical (unpaired) electrons. The van der Waals surface area contributed by atoms with Gasteiger partial charge in [0, 0.05) is 10.9 Å². The smallest absolute Gasteiger partial charge is 0.179 e. The van der Waals surface area contributed by atoms with Crippen molar-refractivity contribution in [2.24, 2.45) is 0 Å². The van der Waals surface area contributed by atoms with E-state index >= 15 is 0 Å². The molecule has 0 N–H and O–H groups in total. The molecule has 0 saturated carbocycles. The second kappa shape index (κ2) is 6.86. The van der Waals surface area contributed by atoms with Crippen LogP contribution in [0.2, 0.25) is 0 Å². The van der Waals surface area contributed by atoms with E-state index in [2.05, 4.69) is 22.0 Å². The number of hydrogen-bond acceptors (Lipinski definition) is 3. The predicted molar refractivity (Wildman–Crippen MR) is 98.5 cm³/mol. The highest BCUT2D eigenvalue weighted by atomic mass is 16.5. The Morgan fingerprint density at radius 3 is 2.12 bits per heavy atom. The van der Waals surface area contributed by atoms with Crippen LogP contribution in [0.4, 0.5) is 0 Å². The lowest BCUT2D eigenvalue weighted by atomic mass is 10.1. The fourth-order valence-electron chi connectivity index (χ4n) is 2.47. The van der Waals surface area contributed by atoms with E-state index in [4.69, 9.17) is 4.74 Å². The summed E-state index contributed by atoms with van der Waals surface area (Å²) in [5, 5.41) is 9.42. The minimum absolute atomic E-state index is 0.520. The van der Waals surface area contributed by atoms with Crippen molar-refractivity contribution in [2.75, 3.05) is 0 Å². The second-order valence-electron chi connectivity index (χ2n) is 5.43. The summed E-state index contributed by atoms with van der Waals surface area (Å²) >= 11 is 0. The summed E-state index contributed by atoms with van der Waals surface area (Å²) in [6.07, 6.45) is 0. The zero-order chi connectivity index (χ0) is 16.9. The van der Waals surface area contributed by atoms with Gasteiger partial charge in [-0.05, 0) is 42.3 Å². The van der Waals surface area contributed by atoms with Crippen molar-refractivity contribution in [1.82, 2.24) is 10.2 Å². The molecule has 0 fully saturated rings. The molecule has 3 nitrogen and oxygen atoms in total. The van der Waals surface area contributed by atoms with Gasteiger partial charge in [-0.3, -0.25) is 0 Å². The molecule has 4 aromatic rings. The van der Waals surface area contributed by atoms with Gasteiger partial charge in [-0.2, -0.15) is 0 Å². The van der Waals surface area contributed by atoms with Gasteiger partial charge >= 0.3 is 0 Å². The van der Waals surface area contributed by atoms with Gasteiger partial charge in [0.15, 0.2) is 11.4 Å². The van der Waals surface area contributed by atoms with E-state index in [0.717, 1.165) is 22.2 Å². The molecule has 1 aromatic heterocycles. The van der Waals surface area contributed by atoms with E-state index in [0.29, 0.717) is 11.4 Å². The highest BCUT2D eigenvalue weighted by molar-refractivity contribution is 5.86. The summed E-state index contributed by atoms with van der Waals surface area (Å²) in [5.74, 6) is 7.58. The van der Waals surface area contributed by atoms with Crippen molar-refractivity contribution in [3.63, 3.8) is 0 Å². The van der Waals surface area contributed by atoms with Crippen molar-refractivity contribution in [1.29, 1.82) is 0 Å². The first-order chi connectivity index (χ1) is 12.4. The Morgan fingerprint density at radius 2 is 1.32 bits per heavy atom. The average molecular weight is 322 g/mol. The molecule has 0 bridgehead atoms. The number of ether oxygens (including phenoxy) is 1. The minimum atomic E-state index is 0.520. The number of aromatic nitrogens is 2.